The molecule has 7 heteroatoms. The van der Waals surface area contributed by atoms with E-state index >= 15 is 0 Å². The van der Waals surface area contributed by atoms with Crippen LogP contribution in [0.1, 0.15) is 0 Å². The van der Waals surface area contributed by atoms with Crippen LogP contribution < -0.4 is 10.5 Å². The quantitative estimate of drug-likeness (QED) is 0.524. The van der Waals surface area contributed by atoms with E-state index in [9.17, 15) is 10.1 Å². The third-order valence-electron chi connectivity index (χ3n) is 2.30. The largest absolute Gasteiger partial charge is 0.438 e. The van der Waals surface area contributed by atoms with Crippen LogP contribution in [-0.4, -0.2) is 16.2 Å². The highest BCUT2D eigenvalue weighted by Gasteiger charge is 2.12. The molecule has 0 aliphatic heterocycles. The van der Waals surface area contributed by atoms with Gasteiger partial charge in [-0.15, -0.1) is 11.8 Å². The molecule has 1 aromatic carbocycles. The van der Waals surface area contributed by atoms with E-state index in [0.717, 1.165) is 4.90 Å². The van der Waals surface area contributed by atoms with Gasteiger partial charge in [-0.05, 0) is 18.4 Å². The number of thioether (sulfide) groups is 1. The summed E-state index contributed by atoms with van der Waals surface area (Å²) in [6, 6.07) is 9.79. The first-order chi connectivity index (χ1) is 9.10. The smallest absolute Gasteiger partial charge is 0.278 e. The molecule has 2 rings (SSSR count). The van der Waals surface area contributed by atoms with E-state index in [0.29, 0.717) is 5.75 Å². The Labute approximate surface area is 113 Å². The van der Waals surface area contributed by atoms with Crippen LogP contribution in [0.4, 0.5) is 11.5 Å². The van der Waals surface area contributed by atoms with Crippen molar-refractivity contribution in [1.82, 2.24) is 4.98 Å². The van der Waals surface area contributed by atoms with Crippen molar-refractivity contribution in [2.45, 2.75) is 4.90 Å². The van der Waals surface area contributed by atoms with Gasteiger partial charge in [-0.1, -0.05) is 12.1 Å². The number of aromatic nitrogens is 1. The summed E-state index contributed by atoms with van der Waals surface area (Å²) < 4.78 is 5.56. The monoisotopic (exact) mass is 277 g/mol. The normalized spacial score (nSPS) is 10.2. The van der Waals surface area contributed by atoms with Crippen LogP contribution in [0.3, 0.4) is 0 Å². The second-order valence-corrected chi connectivity index (χ2v) is 4.45. The summed E-state index contributed by atoms with van der Waals surface area (Å²) in [5, 5.41) is 10.7. The van der Waals surface area contributed by atoms with Crippen molar-refractivity contribution in [1.29, 1.82) is 0 Å². The van der Waals surface area contributed by atoms with Gasteiger partial charge in [-0.3, -0.25) is 10.1 Å². The maximum Gasteiger partial charge on any atom is 0.278 e. The second-order valence-electron chi connectivity index (χ2n) is 3.60. The number of ether oxygens (including phenoxy) is 1. The minimum atomic E-state index is -0.536. The van der Waals surface area contributed by atoms with Crippen molar-refractivity contribution in [3.8, 4) is 11.6 Å². The van der Waals surface area contributed by atoms with Crippen molar-refractivity contribution < 1.29 is 9.66 Å². The van der Waals surface area contributed by atoms with Gasteiger partial charge in [-0.25, -0.2) is 0 Å². The minimum Gasteiger partial charge on any atom is -0.438 e. The molecule has 0 fully saturated rings. The summed E-state index contributed by atoms with van der Waals surface area (Å²) in [4.78, 5) is 15.0. The van der Waals surface area contributed by atoms with Crippen molar-refractivity contribution in [2.75, 3.05) is 12.0 Å². The summed E-state index contributed by atoms with van der Waals surface area (Å²) in [7, 11) is 0. The van der Waals surface area contributed by atoms with Gasteiger partial charge in [0, 0.05) is 4.90 Å². The summed E-state index contributed by atoms with van der Waals surface area (Å²) in [5.74, 6) is 0.737. The molecule has 0 bridgehead atoms. The number of nitrogen functional groups attached to an aromatic ring is 1. The van der Waals surface area contributed by atoms with E-state index in [1.807, 2.05) is 24.5 Å². The van der Waals surface area contributed by atoms with Crippen LogP contribution in [0.15, 0.2) is 41.3 Å². The second kappa shape index (κ2) is 5.57. The lowest BCUT2D eigenvalue weighted by Crippen LogP contribution is -1.97. The van der Waals surface area contributed by atoms with Crippen LogP contribution in [0.2, 0.25) is 0 Å². The molecule has 2 N–H and O–H groups in total. The van der Waals surface area contributed by atoms with E-state index in [1.165, 1.54) is 23.9 Å². The van der Waals surface area contributed by atoms with E-state index in [4.69, 9.17) is 10.5 Å². The van der Waals surface area contributed by atoms with Gasteiger partial charge in [0.05, 0.1) is 17.1 Å². The average Bonchev–Trinajstić information content (AvgIpc) is 2.38. The third kappa shape index (κ3) is 3.14. The van der Waals surface area contributed by atoms with Gasteiger partial charge < -0.3 is 10.5 Å². The predicted octanol–water partition coefficient (Wildman–Crippen LogP) is 3.09. The molecule has 19 heavy (non-hydrogen) atoms. The number of benzene rings is 1. The molecule has 2 aromatic rings. The molecule has 0 radical (unpaired) electrons. The maximum absolute atomic E-state index is 10.7. The molecule has 0 aliphatic carbocycles. The fourth-order valence-electron chi connectivity index (χ4n) is 1.48. The van der Waals surface area contributed by atoms with Gasteiger partial charge in [-0.2, -0.15) is 4.98 Å². The van der Waals surface area contributed by atoms with Gasteiger partial charge in [0.15, 0.2) is 0 Å². The summed E-state index contributed by atoms with van der Waals surface area (Å²) >= 11 is 1.51. The Balaban J connectivity index is 2.35. The fourth-order valence-corrected chi connectivity index (χ4v) is 2.01. The zero-order valence-electron chi connectivity index (χ0n) is 10.1. The molecule has 0 spiro atoms. The maximum atomic E-state index is 10.7. The number of pyridine rings is 1. The number of nitrogens with two attached hydrogens (primary N) is 1. The van der Waals surface area contributed by atoms with Gasteiger partial charge in [0.2, 0.25) is 5.88 Å². The Hall–Kier alpha value is -2.28. The number of nitro groups is 1. The number of hydrogen-bond donors (Lipinski definition) is 1. The standard InChI is InChI=1S/C12H11N3O3S/c1-19-10-5-3-2-4-9(10)18-12-7-8(15(16)17)6-11(13)14-12/h2-7H,1H3,(H2,13,14). The number of nitrogens with zero attached hydrogens (tertiary/aromatic N) is 2. The van der Waals surface area contributed by atoms with Crippen LogP contribution in [0.25, 0.3) is 0 Å². The van der Waals surface area contributed by atoms with E-state index in [-0.39, 0.29) is 17.4 Å². The summed E-state index contributed by atoms with van der Waals surface area (Å²) in [6.45, 7) is 0. The lowest BCUT2D eigenvalue weighted by molar-refractivity contribution is -0.384. The van der Waals surface area contributed by atoms with Crippen molar-refractivity contribution in [3.05, 3.63) is 46.5 Å². The Kier molecular flexibility index (Phi) is 3.86. The topological polar surface area (TPSA) is 91.3 Å². The number of anilines is 1. The van der Waals surface area contributed by atoms with E-state index in [2.05, 4.69) is 4.98 Å². The zero-order valence-corrected chi connectivity index (χ0v) is 10.9. The molecular formula is C12H11N3O3S. The predicted molar refractivity (Wildman–Crippen MR) is 73.6 cm³/mol. The summed E-state index contributed by atoms with van der Waals surface area (Å²) in [6.07, 6.45) is 1.91. The molecule has 0 amide bonds. The first kappa shape index (κ1) is 13.2. The fraction of sp³-hybridized carbons (Fsp3) is 0.0833. The van der Waals surface area contributed by atoms with Gasteiger partial charge >= 0.3 is 0 Å². The molecule has 0 saturated carbocycles. The number of rotatable bonds is 4. The van der Waals surface area contributed by atoms with Gasteiger partial charge in [0.1, 0.15) is 11.6 Å². The molecular weight excluding hydrogens is 266 g/mol. The number of para-hydroxylation sites is 1. The Morgan fingerprint density at radius 3 is 2.79 bits per heavy atom. The highest BCUT2D eigenvalue weighted by molar-refractivity contribution is 7.98. The van der Waals surface area contributed by atoms with Gasteiger partial charge in [0.25, 0.3) is 5.69 Å². The lowest BCUT2D eigenvalue weighted by Gasteiger charge is -2.08. The SMILES string of the molecule is CSc1ccccc1Oc1cc([N+](=O)[O-])cc(N)n1. The molecule has 1 aromatic heterocycles. The van der Waals surface area contributed by atoms with Crippen LogP contribution in [-0.2, 0) is 0 Å². The van der Waals surface area contributed by atoms with Crippen molar-refractivity contribution in [2.24, 2.45) is 0 Å². The van der Waals surface area contributed by atoms with Crippen LogP contribution in [0.5, 0.6) is 11.6 Å². The van der Waals surface area contributed by atoms with E-state index < -0.39 is 4.92 Å². The van der Waals surface area contributed by atoms with Crippen LogP contribution in [0, 0.1) is 10.1 Å². The highest BCUT2D eigenvalue weighted by Crippen LogP contribution is 2.32. The molecule has 1 heterocycles. The molecule has 6 nitrogen and oxygen atoms in total. The Bertz CT molecular complexity index is 619. The van der Waals surface area contributed by atoms with Crippen molar-refractivity contribution >= 4 is 23.3 Å². The number of hydrogen-bond acceptors (Lipinski definition) is 6. The highest BCUT2D eigenvalue weighted by atomic mass is 32.2. The molecule has 98 valence electrons. The summed E-state index contributed by atoms with van der Waals surface area (Å²) in [5.41, 5.74) is 5.37. The first-order valence-corrected chi connectivity index (χ1v) is 6.55. The Morgan fingerprint density at radius 1 is 1.37 bits per heavy atom. The first-order valence-electron chi connectivity index (χ1n) is 5.33. The average molecular weight is 277 g/mol. The minimum absolute atomic E-state index is 0.0471. The van der Waals surface area contributed by atoms with Crippen molar-refractivity contribution in [3.63, 3.8) is 0 Å². The lowest BCUT2D eigenvalue weighted by atomic mass is 10.3. The molecule has 0 unspecified atom stereocenters. The third-order valence-corrected chi connectivity index (χ3v) is 3.08. The Morgan fingerprint density at radius 2 is 2.11 bits per heavy atom. The van der Waals surface area contributed by atoms with E-state index in [1.54, 1.807) is 6.07 Å². The van der Waals surface area contributed by atoms with Crippen LogP contribution >= 0.6 is 11.8 Å². The molecule has 0 aliphatic rings. The molecule has 0 saturated heterocycles. The molecule has 0 atom stereocenters. The zero-order chi connectivity index (χ0) is 13.8.